The molecular weight excluding hydrogens is 417 g/mol. The maximum atomic E-state index is 12.3. The van der Waals surface area contributed by atoms with Crippen LogP contribution in [0, 0.1) is 17.8 Å². The summed E-state index contributed by atoms with van der Waals surface area (Å²) in [6.45, 7) is 2.19. The highest BCUT2D eigenvalue weighted by Gasteiger charge is 2.55. The number of anilines is 1. The predicted molar refractivity (Wildman–Crippen MR) is 102 cm³/mol. The van der Waals surface area contributed by atoms with E-state index >= 15 is 0 Å². The van der Waals surface area contributed by atoms with Gasteiger partial charge < -0.3 is 10.1 Å². The Bertz CT molecular complexity index is 967. The van der Waals surface area contributed by atoms with Crippen molar-refractivity contribution in [3.63, 3.8) is 0 Å². The number of hydrogen-bond donors (Lipinski definition) is 2. The number of ether oxygens (including phenoxy) is 1. The minimum Gasteiger partial charge on any atom is -0.406 e. The van der Waals surface area contributed by atoms with Gasteiger partial charge in [0.15, 0.2) is 0 Å². The summed E-state index contributed by atoms with van der Waals surface area (Å²) < 4.78 is 42.3. The number of piperidine rings is 1. The molecule has 0 spiro atoms. The standard InChI is InChI=1S/C19H21F3N6O3/c1-27-10-24-18(26-27)25-16(29)9-28-7-14-13(15(14)8-28)6-23-17(30)11-3-2-4-12(5-11)31-19(20,21)22/h2-5,10,13-15H,6-9H2,1H3,(H,23,30)(H,25,26,29). The molecule has 2 aromatic rings. The fourth-order valence-electron chi connectivity index (χ4n) is 4.08. The first-order valence-electron chi connectivity index (χ1n) is 9.70. The molecule has 0 bridgehead atoms. The zero-order chi connectivity index (χ0) is 22.2. The molecule has 2 amide bonds. The number of hydrogen-bond acceptors (Lipinski definition) is 6. The van der Waals surface area contributed by atoms with Crippen molar-refractivity contribution in [2.24, 2.45) is 24.8 Å². The van der Waals surface area contributed by atoms with Gasteiger partial charge in [-0.05, 0) is 36.0 Å². The second-order valence-electron chi connectivity index (χ2n) is 7.76. The highest BCUT2D eigenvalue weighted by molar-refractivity contribution is 5.94. The van der Waals surface area contributed by atoms with Gasteiger partial charge in [0.2, 0.25) is 11.9 Å². The number of aryl methyl sites for hydroxylation is 1. The van der Waals surface area contributed by atoms with E-state index in [9.17, 15) is 22.8 Å². The number of fused-ring (bicyclic) bond motifs is 1. The molecule has 2 fully saturated rings. The van der Waals surface area contributed by atoms with Crippen molar-refractivity contribution in [2.45, 2.75) is 6.36 Å². The number of rotatable bonds is 7. The van der Waals surface area contributed by atoms with Crippen LogP contribution in [0.25, 0.3) is 0 Å². The Morgan fingerprint density at radius 1 is 1.26 bits per heavy atom. The van der Waals surface area contributed by atoms with Gasteiger partial charge in [-0.3, -0.25) is 24.5 Å². The molecule has 2 unspecified atom stereocenters. The molecule has 1 aromatic heterocycles. The molecule has 2 aliphatic rings. The van der Waals surface area contributed by atoms with Crippen molar-refractivity contribution in [3.8, 4) is 5.75 Å². The highest BCUT2D eigenvalue weighted by atomic mass is 19.4. The van der Waals surface area contributed by atoms with Crippen LogP contribution in [-0.4, -0.2) is 64.0 Å². The molecule has 1 aliphatic carbocycles. The van der Waals surface area contributed by atoms with Crippen LogP contribution in [0.5, 0.6) is 5.75 Å². The lowest BCUT2D eigenvalue weighted by molar-refractivity contribution is -0.274. The average molecular weight is 438 g/mol. The summed E-state index contributed by atoms with van der Waals surface area (Å²) in [5.41, 5.74) is 0.106. The van der Waals surface area contributed by atoms with Gasteiger partial charge in [0, 0.05) is 32.2 Å². The van der Waals surface area contributed by atoms with Gasteiger partial charge in [0.05, 0.1) is 6.54 Å². The molecule has 1 saturated carbocycles. The summed E-state index contributed by atoms with van der Waals surface area (Å²) in [6, 6.07) is 4.98. The number of nitrogens with one attached hydrogen (secondary N) is 2. The quantitative estimate of drug-likeness (QED) is 0.675. The first kappa shape index (κ1) is 21.1. The van der Waals surface area contributed by atoms with Crippen LogP contribution in [0.15, 0.2) is 30.6 Å². The fourth-order valence-corrected chi connectivity index (χ4v) is 4.08. The molecule has 2 heterocycles. The van der Waals surface area contributed by atoms with Gasteiger partial charge in [-0.15, -0.1) is 18.3 Å². The van der Waals surface area contributed by atoms with E-state index in [1.165, 1.54) is 23.1 Å². The summed E-state index contributed by atoms with van der Waals surface area (Å²) in [5, 5.41) is 9.42. The van der Waals surface area contributed by atoms with Crippen LogP contribution >= 0.6 is 0 Å². The first-order chi connectivity index (χ1) is 14.7. The van der Waals surface area contributed by atoms with Gasteiger partial charge in [0.25, 0.3) is 5.91 Å². The minimum absolute atomic E-state index is 0.106. The van der Waals surface area contributed by atoms with Gasteiger partial charge in [-0.25, -0.2) is 4.98 Å². The fraction of sp³-hybridized carbons (Fsp3) is 0.474. The van der Waals surface area contributed by atoms with Crippen LogP contribution in [0.1, 0.15) is 10.4 Å². The Morgan fingerprint density at radius 3 is 2.65 bits per heavy atom. The summed E-state index contributed by atoms with van der Waals surface area (Å²) in [5.74, 6) is 0.285. The number of carbonyl (C=O) groups is 2. The number of amides is 2. The summed E-state index contributed by atoms with van der Waals surface area (Å²) in [7, 11) is 1.71. The van der Waals surface area contributed by atoms with Crippen molar-refractivity contribution in [2.75, 3.05) is 31.5 Å². The molecule has 2 atom stereocenters. The summed E-state index contributed by atoms with van der Waals surface area (Å²) in [6.07, 6.45) is -3.31. The van der Waals surface area contributed by atoms with Gasteiger partial charge in [-0.2, -0.15) is 0 Å². The van der Waals surface area contributed by atoms with Gasteiger partial charge >= 0.3 is 6.36 Å². The van der Waals surface area contributed by atoms with Crippen LogP contribution in [0.3, 0.4) is 0 Å². The Balaban J connectivity index is 1.19. The van der Waals surface area contributed by atoms with Gasteiger partial charge in [0.1, 0.15) is 12.1 Å². The van der Waals surface area contributed by atoms with Crippen LogP contribution in [0.4, 0.5) is 19.1 Å². The van der Waals surface area contributed by atoms with Crippen LogP contribution < -0.4 is 15.4 Å². The van der Waals surface area contributed by atoms with E-state index in [4.69, 9.17) is 0 Å². The third-order valence-electron chi connectivity index (χ3n) is 5.49. The van der Waals surface area contributed by atoms with Crippen molar-refractivity contribution >= 4 is 17.8 Å². The zero-order valence-electron chi connectivity index (χ0n) is 16.6. The highest BCUT2D eigenvalue weighted by Crippen LogP contribution is 2.51. The molecule has 1 saturated heterocycles. The average Bonchev–Trinajstić information content (AvgIpc) is 2.99. The largest absolute Gasteiger partial charge is 0.573 e. The molecule has 12 heteroatoms. The van der Waals surface area contributed by atoms with Gasteiger partial charge in [-0.1, -0.05) is 6.07 Å². The molecule has 31 heavy (non-hydrogen) atoms. The maximum absolute atomic E-state index is 12.3. The van der Waals surface area contributed by atoms with E-state index in [2.05, 4.69) is 25.5 Å². The topological polar surface area (TPSA) is 101 Å². The minimum atomic E-state index is -4.81. The zero-order valence-corrected chi connectivity index (χ0v) is 16.6. The number of benzene rings is 1. The van der Waals surface area contributed by atoms with E-state index in [0.29, 0.717) is 24.3 Å². The molecule has 0 radical (unpaired) electrons. The molecule has 1 aliphatic heterocycles. The van der Waals surface area contributed by atoms with Crippen molar-refractivity contribution < 1.29 is 27.5 Å². The first-order valence-corrected chi connectivity index (χ1v) is 9.70. The number of nitrogens with zero attached hydrogens (tertiary/aromatic N) is 4. The van der Waals surface area contributed by atoms with Crippen LogP contribution in [0.2, 0.25) is 0 Å². The van der Waals surface area contributed by atoms with Crippen LogP contribution in [-0.2, 0) is 11.8 Å². The van der Waals surface area contributed by atoms with Crippen molar-refractivity contribution in [1.29, 1.82) is 0 Å². The predicted octanol–water partition coefficient (Wildman–Crippen LogP) is 1.26. The third-order valence-corrected chi connectivity index (χ3v) is 5.49. The Hall–Kier alpha value is -3.15. The number of carbonyl (C=O) groups excluding carboxylic acids is 2. The summed E-state index contributed by atoms with van der Waals surface area (Å²) in [4.78, 5) is 30.4. The molecule has 2 N–H and O–H groups in total. The number of halogens is 3. The molecule has 1 aromatic carbocycles. The second-order valence-corrected chi connectivity index (χ2v) is 7.76. The summed E-state index contributed by atoms with van der Waals surface area (Å²) >= 11 is 0. The molecular formula is C19H21F3N6O3. The Kier molecular flexibility index (Phi) is 5.56. The Labute approximate surface area is 175 Å². The number of alkyl halides is 3. The van der Waals surface area contributed by atoms with E-state index in [-0.39, 0.29) is 24.0 Å². The van der Waals surface area contributed by atoms with E-state index in [1.807, 2.05) is 4.90 Å². The third kappa shape index (κ3) is 5.32. The van der Waals surface area contributed by atoms with Crippen molar-refractivity contribution in [1.82, 2.24) is 25.0 Å². The lowest BCUT2D eigenvalue weighted by Gasteiger charge is -2.18. The maximum Gasteiger partial charge on any atom is 0.573 e. The van der Waals surface area contributed by atoms with E-state index in [1.54, 1.807) is 7.05 Å². The second kappa shape index (κ2) is 8.17. The smallest absolute Gasteiger partial charge is 0.406 e. The SMILES string of the molecule is Cn1cnc(NC(=O)CN2CC3C(CNC(=O)c4cccc(OC(F)(F)F)c4)C3C2)n1. The Morgan fingerprint density at radius 2 is 2.00 bits per heavy atom. The monoisotopic (exact) mass is 438 g/mol. The van der Waals surface area contributed by atoms with E-state index in [0.717, 1.165) is 25.2 Å². The number of aromatic nitrogens is 3. The number of likely N-dealkylation sites (tertiary alicyclic amines) is 1. The molecule has 9 nitrogen and oxygen atoms in total. The van der Waals surface area contributed by atoms with Crippen molar-refractivity contribution in [3.05, 3.63) is 36.2 Å². The normalized spacial score (nSPS) is 22.6. The van der Waals surface area contributed by atoms with E-state index < -0.39 is 18.0 Å². The molecule has 4 rings (SSSR count). The lowest BCUT2D eigenvalue weighted by atomic mass is 10.2. The molecule has 166 valence electrons. The lowest BCUT2D eigenvalue weighted by Crippen LogP contribution is -2.35.